The largest absolute Gasteiger partial charge is 0.505 e. The van der Waals surface area contributed by atoms with E-state index in [0.717, 1.165) is 53.1 Å². The smallest absolute Gasteiger partial charge is 0.147 e. The van der Waals surface area contributed by atoms with E-state index in [9.17, 15) is 5.11 Å². The molecule has 0 bridgehead atoms. The maximum Gasteiger partial charge on any atom is 0.147 e. The summed E-state index contributed by atoms with van der Waals surface area (Å²) in [6.07, 6.45) is 2.16. The van der Waals surface area contributed by atoms with Crippen LogP contribution in [-0.4, -0.2) is 16.7 Å². The van der Waals surface area contributed by atoms with Crippen LogP contribution in [0.4, 0.5) is 5.69 Å². The maximum atomic E-state index is 11.1. The molecule has 1 atom stereocenters. The highest BCUT2D eigenvalue weighted by Crippen LogP contribution is 2.36. The number of unbranched alkanes of at least 4 members (excludes halogenated alkanes) is 1. The first-order chi connectivity index (χ1) is 15.2. The molecule has 31 heavy (non-hydrogen) atoms. The van der Waals surface area contributed by atoms with Gasteiger partial charge in [-0.2, -0.15) is 0 Å². The second-order valence-corrected chi connectivity index (χ2v) is 7.74. The summed E-state index contributed by atoms with van der Waals surface area (Å²) in [4.78, 5) is 4.57. The van der Waals surface area contributed by atoms with Crippen LogP contribution in [0.3, 0.4) is 0 Å². The van der Waals surface area contributed by atoms with E-state index < -0.39 is 0 Å². The normalized spacial score (nSPS) is 11.9. The average molecular weight is 413 g/mol. The zero-order chi connectivity index (χ0) is 21.6. The van der Waals surface area contributed by atoms with Gasteiger partial charge in [0.2, 0.25) is 0 Å². The number of nitrogens with zero attached hydrogens (tertiary/aromatic N) is 1. The van der Waals surface area contributed by atoms with Crippen LogP contribution in [-0.2, 0) is 0 Å². The van der Waals surface area contributed by atoms with E-state index >= 15 is 0 Å². The molecule has 0 aliphatic rings. The molecule has 4 heteroatoms. The molecule has 1 unspecified atom stereocenters. The minimum atomic E-state index is -0.222. The molecule has 0 aliphatic heterocycles. The van der Waals surface area contributed by atoms with E-state index in [1.54, 1.807) is 0 Å². The fourth-order valence-electron chi connectivity index (χ4n) is 3.65. The van der Waals surface area contributed by atoms with Crippen molar-refractivity contribution in [3.8, 4) is 11.5 Å². The first kappa shape index (κ1) is 20.7. The lowest BCUT2D eigenvalue weighted by Crippen LogP contribution is -2.13. The van der Waals surface area contributed by atoms with Crippen molar-refractivity contribution in [2.75, 3.05) is 11.9 Å². The predicted molar refractivity (Wildman–Crippen MR) is 127 cm³/mol. The third kappa shape index (κ3) is 4.80. The molecule has 4 rings (SSSR count). The number of benzene rings is 3. The third-order valence-corrected chi connectivity index (χ3v) is 5.38. The lowest BCUT2D eigenvalue weighted by atomic mass is 9.96. The second-order valence-electron chi connectivity index (χ2n) is 7.74. The molecule has 2 N–H and O–H groups in total. The van der Waals surface area contributed by atoms with Gasteiger partial charge in [-0.25, -0.2) is 4.98 Å². The first-order valence-corrected chi connectivity index (χ1v) is 10.8. The standard InChI is InChI=1S/C27H28N2O2/c1-3-4-18-31-23-15-13-22(14-16-23)29-25(20-8-6-5-7-9-20)24-17-12-21-11-10-19(2)28-26(21)27(24)30/h5-17,25,29-30H,3-4,18H2,1-2H3. The van der Waals surface area contributed by atoms with E-state index in [0.29, 0.717) is 5.52 Å². The Hall–Kier alpha value is -3.53. The van der Waals surface area contributed by atoms with Gasteiger partial charge in [-0.15, -0.1) is 0 Å². The van der Waals surface area contributed by atoms with Gasteiger partial charge in [-0.05, 0) is 49.2 Å². The van der Waals surface area contributed by atoms with Crippen LogP contribution in [0.25, 0.3) is 10.9 Å². The lowest BCUT2D eigenvalue weighted by molar-refractivity contribution is 0.309. The molecule has 1 aromatic heterocycles. The van der Waals surface area contributed by atoms with Gasteiger partial charge in [0.15, 0.2) is 0 Å². The summed E-state index contributed by atoms with van der Waals surface area (Å²) in [5.41, 5.74) is 4.31. The van der Waals surface area contributed by atoms with Crippen molar-refractivity contribution in [1.82, 2.24) is 4.98 Å². The summed E-state index contributed by atoms with van der Waals surface area (Å²) in [7, 11) is 0. The molecule has 1 heterocycles. The number of aromatic hydroxyl groups is 1. The average Bonchev–Trinajstić information content (AvgIpc) is 2.80. The van der Waals surface area contributed by atoms with Crippen LogP contribution in [0, 0.1) is 6.92 Å². The molecule has 0 amide bonds. The van der Waals surface area contributed by atoms with Crippen molar-refractivity contribution in [1.29, 1.82) is 0 Å². The Kier molecular flexibility index (Phi) is 6.37. The molecule has 0 spiro atoms. The molecule has 4 aromatic rings. The molecule has 0 saturated carbocycles. The molecule has 3 aromatic carbocycles. The topological polar surface area (TPSA) is 54.4 Å². The molecule has 158 valence electrons. The highest BCUT2D eigenvalue weighted by Gasteiger charge is 2.20. The fraction of sp³-hybridized carbons (Fsp3) is 0.222. The number of aryl methyl sites for hydroxylation is 1. The zero-order valence-electron chi connectivity index (χ0n) is 18.0. The lowest BCUT2D eigenvalue weighted by Gasteiger charge is -2.23. The van der Waals surface area contributed by atoms with Gasteiger partial charge in [-0.1, -0.05) is 61.9 Å². The molecule has 4 nitrogen and oxygen atoms in total. The minimum absolute atomic E-state index is 0.210. The van der Waals surface area contributed by atoms with Gasteiger partial charge < -0.3 is 15.2 Å². The number of hydrogen-bond donors (Lipinski definition) is 2. The number of ether oxygens (including phenoxy) is 1. The van der Waals surface area contributed by atoms with E-state index in [-0.39, 0.29) is 11.8 Å². The van der Waals surface area contributed by atoms with Gasteiger partial charge in [0, 0.05) is 22.3 Å². The number of anilines is 1. The van der Waals surface area contributed by atoms with E-state index in [1.807, 2.05) is 73.7 Å². The van der Waals surface area contributed by atoms with Crippen molar-refractivity contribution >= 4 is 16.6 Å². The molecule has 0 aliphatic carbocycles. The summed E-state index contributed by atoms with van der Waals surface area (Å²) >= 11 is 0. The molecular formula is C27H28N2O2. The fourth-order valence-corrected chi connectivity index (χ4v) is 3.65. The second kappa shape index (κ2) is 9.52. The van der Waals surface area contributed by atoms with Crippen molar-refractivity contribution in [2.24, 2.45) is 0 Å². The predicted octanol–water partition coefficient (Wildman–Crippen LogP) is 6.63. The Balaban J connectivity index is 1.68. The Morgan fingerprint density at radius 3 is 2.42 bits per heavy atom. The van der Waals surface area contributed by atoms with Gasteiger partial charge in [0.1, 0.15) is 17.0 Å². The van der Waals surface area contributed by atoms with Crippen LogP contribution in [0.5, 0.6) is 11.5 Å². The number of fused-ring (bicyclic) bond motifs is 1. The summed E-state index contributed by atoms with van der Waals surface area (Å²) in [6.45, 7) is 4.81. The van der Waals surface area contributed by atoms with Gasteiger partial charge in [0.25, 0.3) is 0 Å². The molecule has 0 saturated heterocycles. The third-order valence-electron chi connectivity index (χ3n) is 5.38. The van der Waals surface area contributed by atoms with Crippen LogP contribution in [0.1, 0.15) is 42.6 Å². The van der Waals surface area contributed by atoms with E-state index in [4.69, 9.17) is 4.74 Å². The van der Waals surface area contributed by atoms with Crippen molar-refractivity contribution in [3.63, 3.8) is 0 Å². The van der Waals surface area contributed by atoms with E-state index in [1.165, 1.54) is 0 Å². The number of phenols is 1. The summed E-state index contributed by atoms with van der Waals surface area (Å²) in [5.74, 6) is 1.07. The van der Waals surface area contributed by atoms with Crippen molar-refractivity contribution in [2.45, 2.75) is 32.7 Å². The quantitative estimate of drug-likeness (QED) is 0.319. The van der Waals surface area contributed by atoms with Crippen LogP contribution in [0.15, 0.2) is 78.9 Å². The Morgan fingerprint density at radius 2 is 1.68 bits per heavy atom. The monoisotopic (exact) mass is 412 g/mol. The summed E-state index contributed by atoms with van der Waals surface area (Å²) in [6, 6.07) is 25.8. The highest BCUT2D eigenvalue weighted by molar-refractivity contribution is 5.86. The summed E-state index contributed by atoms with van der Waals surface area (Å²) in [5, 5.41) is 15.6. The Labute approximate surface area is 183 Å². The Morgan fingerprint density at radius 1 is 0.935 bits per heavy atom. The van der Waals surface area contributed by atoms with Crippen LogP contribution < -0.4 is 10.1 Å². The SMILES string of the molecule is CCCCOc1ccc(NC(c2ccccc2)c2ccc3ccc(C)nc3c2O)cc1. The van der Waals surface area contributed by atoms with Gasteiger partial charge >= 0.3 is 0 Å². The Bertz CT molecular complexity index is 1140. The number of phenolic OH excluding ortho intramolecular Hbond substituents is 1. The summed E-state index contributed by atoms with van der Waals surface area (Å²) < 4.78 is 5.78. The molecular weight excluding hydrogens is 384 g/mol. The number of pyridine rings is 1. The number of hydrogen-bond acceptors (Lipinski definition) is 4. The molecule has 0 fully saturated rings. The number of rotatable bonds is 8. The van der Waals surface area contributed by atoms with Gasteiger partial charge in [-0.3, -0.25) is 0 Å². The van der Waals surface area contributed by atoms with Crippen LogP contribution in [0.2, 0.25) is 0 Å². The first-order valence-electron chi connectivity index (χ1n) is 10.8. The van der Waals surface area contributed by atoms with Crippen LogP contribution >= 0.6 is 0 Å². The van der Waals surface area contributed by atoms with Crippen molar-refractivity contribution < 1.29 is 9.84 Å². The number of aromatic nitrogens is 1. The van der Waals surface area contributed by atoms with E-state index in [2.05, 4.69) is 29.4 Å². The maximum absolute atomic E-state index is 11.1. The minimum Gasteiger partial charge on any atom is -0.505 e. The number of nitrogens with one attached hydrogen (secondary N) is 1. The van der Waals surface area contributed by atoms with Crippen molar-refractivity contribution in [3.05, 3.63) is 95.7 Å². The zero-order valence-corrected chi connectivity index (χ0v) is 18.0. The highest BCUT2D eigenvalue weighted by atomic mass is 16.5. The van der Waals surface area contributed by atoms with Gasteiger partial charge in [0.05, 0.1) is 12.6 Å². The molecule has 0 radical (unpaired) electrons.